The van der Waals surface area contributed by atoms with Gasteiger partial charge in [-0.15, -0.1) is 0 Å². The summed E-state index contributed by atoms with van der Waals surface area (Å²) in [7, 11) is 1.99. The van der Waals surface area contributed by atoms with Gasteiger partial charge in [-0.1, -0.05) is 6.08 Å². The van der Waals surface area contributed by atoms with Gasteiger partial charge in [0.1, 0.15) is 5.76 Å². The fourth-order valence-electron chi connectivity index (χ4n) is 1.32. The first-order valence-electron chi connectivity index (χ1n) is 4.71. The number of hydrogen-bond acceptors (Lipinski definition) is 4. The van der Waals surface area contributed by atoms with Gasteiger partial charge >= 0.3 is 0 Å². The predicted molar refractivity (Wildman–Crippen MR) is 59.1 cm³/mol. The number of hydrogen-bond donors (Lipinski definition) is 1. The summed E-state index contributed by atoms with van der Waals surface area (Å²) in [6.07, 6.45) is 9.13. The van der Waals surface area contributed by atoms with Gasteiger partial charge in [0.15, 0.2) is 5.75 Å². The van der Waals surface area contributed by atoms with E-state index in [1.54, 1.807) is 18.5 Å². The zero-order chi connectivity index (χ0) is 10.7. The molecule has 0 saturated carbocycles. The number of rotatable bonds is 2. The standard InChI is InChI=1S/C11H13N3O/c1-14-6-2-3-9(8-14)15-11-4-5-13-7-10(11)12/h2-5,7-8H,6,12H2,1H3. The fraction of sp³-hybridized carbons (Fsp3) is 0.182. The summed E-state index contributed by atoms with van der Waals surface area (Å²) in [6, 6.07) is 1.75. The number of nitrogens with zero attached hydrogens (tertiary/aromatic N) is 2. The third kappa shape index (κ3) is 2.28. The molecular weight excluding hydrogens is 190 g/mol. The van der Waals surface area contributed by atoms with Gasteiger partial charge in [-0.3, -0.25) is 4.98 Å². The Balaban J connectivity index is 2.16. The molecule has 15 heavy (non-hydrogen) atoms. The molecule has 2 rings (SSSR count). The lowest BCUT2D eigenvalue weighted by Gasteiger charge is -2.18. The third-order valence-electron chi connectivity index (χ3n) is 2.06. The SMILES string of the molecule is CN1C=C(Oc2ccncc2N)C=CC1. The number of nitrogens with two attached hydrogens (primary N) is 1. The first-order chi connectivity index (χ1) is 7.25. The average Bonchev–Trinajstić information content (AvgIpc) is 2.22. The van der Waals surface area contributed by atoms with E-state index in [1.165, 1.54) is 0 Å². The summed E-state index contributed by atoms with van der Waals surface area (Å²) < 4.78 is 5.62. The monoisotopic (exact) mass is 203 g/mol. The van der Waals surface area contributed by atoms with Crippen molar-refractivity contribution in [3.63, 3.8) is 0 Å². The molecule has 2 N–H and O–H groups in total. The summed E-state index contributed by atoms with van der Waals surface area (Å²) >= 11 is 0. The van der Waals surface area contributed by atoms with Crippen molar-refractivity contribution in [3.05, 3.63) is 42.6 Å². The minimum atomic E-state index is 0.542. The minimum Gasteiger partial charge on any atom is -0.454 e. The quantitative estimate of drug-likeness (QED) is 0.789. The van der Waals surface area contributed by atoms with E-state index in [4.69, 9.17) is 10.5 Å². The molecular formula is C11H13N3O. The predicted octanol–water partition coefficient (Wildman–Crippen LogP) is 1.39. The second kappa shape index (κ2) is 4.04. The first-order valence-corrected chi connectivity index (χ1v) is 4.71. The summed E-state index contributed by atoms with van der Waals surface area (Å²) in [5.74, 6) is 1.41. The number of pyridine rings is 1. The van der Waals surface area contributed by atoms with Crippen LogP contribution in [-0.2, 0) is 0 Å². The number of aromatic nitrogens is 1. The van der Waals surface area contributed by atoms with Crippen molar-refractivity contribution in [1.29, 1.82) is 0 Å². The lowest BCUT2D eigenvalue weighted by molar-refractivity contribution is 0.402. The van der Waals surface area contributed by atoms with Gasteiger partial charge < -0.3 is 15.4 Å². The number of ether oxygens (including phenoxy) is 1. The number of nitrogen functional groups attached to an aromatic ring is 1. The zero-order valence-electron chi connectivity index (χ0n) is 8.55. The summed E-state index contributed by atoms with van der Waals surface area (Å²) in [4.78, 5) is 5.93. The molecule has 0 atom stereocenters. The van der Waals surface area contributed by atoms with Gasteiger partial charge in [0.2, 0.25) is 0 Å². The van der Waals surface area contributed by atoms with Gasteiger partial charge in [0, 0.05) is 32.1 Å². The molecule has 78 valence electrons. The maximum absolute atomic E-state index is 5.72. The Kier molecular flexibility index (Phi) is 2.58. The van der Waals surface area contributed by atoms with Crippen LogP contribution in [0.3, 0.4) is 0 Å². The molecule has 0 aliphatic carbocycles. The van der Waals surface area contributed by atoms with Crippen LogP contribution in [0.4, 0.5) is 5.69 Å². The zero-order valence-corrected chi connectivity index (χ0v) is 8.55. The van der Waals surface area contributed by atoms with E-state index in [-0.39, 0.29) is 0 Å². The summed E-state index contributed by atoms with van der Waals surface area (Å²) in [5, 5.41) is 0. The van der Waals surface area contributed by atoms with Crippen LogP contribution in [0.1, 0.15) is 0 Å². The Morgan fingerprint density at radius 3 is 3.13 bits per heavy atom. The maximum Gasteiger partial charge on any atom is 0.153 e. The van der Waals surface area contributed by atoms with Gasteiger partial charge in [-0.05, 0) is 6.08 Å². The van der Waals surface area contributed by atoms with Crippen molar-refractivity contribution < 1.29 is 4.74 Å². The lowest BCUT2D eigenvalue weighted by atomic mass is 10.3. The van der Waals surface area contributed by atoms with E-state index in [1.807, 2.05) is 30.3 Å². The van der Waals surface area contributed by atoms with Gasteiger partial charge in [-0.25, -0.2) is 0 Å². The van der Waals surface area contributed by atoms with E-state index in [0.717, 1.165) is 12.3 Å². The van der Waals surface area contributed by atoms with E-state index < -0.39 is 0 Å². The molecule has 0 amide bonds. The molecule has 1 aliphatic rings. The molecule has 1 aromatic heterocycles. The van der Waals surface area contributed by atoms with Crippen LogP contribution in [-0.4, -0.2) is 23.5 Å². The van der Waals surface area contributed by atoms with Crippen LogP contribution in [0.15, 0.2) is 42.6 Å². The summed E-state index contributed by atoms with van der Waals surface area (Å²) in [6.45, 7) is 0.901. The van der Waals surface area contributed by atoms with Gasteiger partial charge in [0.25, 0.3) is 0 Å². The molecule has 0 unspecified atom stereocenters. The second-order valence-electron chi connectivity index (χ2n) is 3.39. The highest BCUT2D eigenvalue weighted by Crippen LogP contribution is 2.22. The van der Waals surface area contributed by atoms with Crippen molar-refractivity contribution in [2.24, 2.45) is 0 Å². The van der Waals surface area contributed by atoms with Crippen molar-refractivity contribution in [2.45, 2.75) is 0 Å². The Bertz CT molecular complexity index is 412. The fourth-order valence-corrected chi connectivity index (χ4v) is 1.32. The maximum atomic E-state index is 5.72. The molecule has 2 heterocycles. The van der Waals surface area contributed by atoms with E-state index in [0.29, 0.717) is 11.4 Å². The highest BCUT2D eigenvalue weighted by Gasteiger charge is 2.05. The first kappa shape index (κ1) is 9.58. The van der Waals surface area contributed by atoms with Crippen LogP contribution >= 0.6 is 0 Å². The molecule has 1 aliphatic heterocycles. The van der Waals surface area contributed by atoms with Gasteiger partial charge in [0.05, 0.1) is 11.9 Å². The molecule has 0 saturated heterocycles. The minimum absolute atomic E-state index is 0.542. The molecule has 0 aromatic carbocycles. The summed E-state index contributed by atoms with van der Waals surface area (Å²) in [5.41, 5.74) is 6.26. The highest BCUT2D eigenvalue weighted by atomic mass is 16.5. The largest absolute Gasteiger partial charge is 0.454 e. The van der Waals surface area contributed by atoms with Crippen molar-refractivity contribution >= 4 is 5.69 Å². The highest BCUT2D eigenvalue weighted by molar-refractivity contribution is 5.50. The molecule has 0 radical (unpaired) electrons. The number of anilines is 1. The smallest absolute Gasteiger partial charge is 0.153 e. The topological polar surface area (TPSA) is 51.4 Å². The van der Waals surface area contributed by atoms with Gasteiger partial charge in [-0.2, -0.15) is 0 Å². The number of allylic oxidation sites excluding steroid dienone is 1. The van der Waals surface area contributed by atoms with Crippen molar-refractivity contribution in [2.75, 3.05) is 19.3 Å². The van der Waals surface area contributed by atoms with E-state index in [9.17, 15) is 0 Å². The third-order valence-corrected chi connectivity index (χ3v) is 2.06. The normalized spacial score (nSPS) is 15.0. The van der Waals surface area contributed by atoms with E-state index >= 15 is 0 Å². The average molecular weight is 203 g/mol. The molecule has 0 spiro atoms. The molecule has 1 aromatic rings. The molecule has 0 bridgehead atoms. The van der Waals surface area contributed by atoms with Crippen LogP contribution in [0.25, 0.3) is 0 Å². The van der Waals surface area contributed by atoms with Crippen LogP contribution in [0, 0.1) is 0 Å². The van der Waals surface area contributed by atoms with Crippen LogP contribution in [0.2, 0.25) is 0 Å². The Morgan fingerprint density at radius 1 is 1.53 bits per heavy atom. The lowest BCUT2D eigenvalue weighted by Crippen LogP contribution is -2.15. The molecule has 4 nitrogen and oxygen atoms in total. The molecule has 0 fully saturated rings. The van der Waals surface area contributed by atoms with Crippen molar-refractivity contribution in [3.8, 4) is 5.75 Å². The Morgan fingerprint density at radius 2 is 2.40 bits per heavy atom. The number of likely N-dealkylation sites (N-methyl/N-ethyl adjacent to an activating group) is 1. The Labute approximate surface area is 88.7 Å². The Hall–Kier alpha value is -1.97. The second-order valence-corrected chi connectivity index (χ2v) is 3.39. The van der Waals surface area contributed by atoms with Crippen LogP contribution < -0.4 is 10.5 Å². The molecule has 4 heteroatoms. The van der Waals surface area contributed by atoms with Crippen molar-refractivity contribution in [1.82, 2.24) is 9.88 Å². The van der Waals surface area contributed by atoms with Crippen LogP contribution in [0.5, 0.6) is 5.75 Å². The van der Waals surface area contributed by atoms with E-state index in [2.05, 4.69) is 4.98 Å².